The molecule has 0 saturated heterocycles. The molecule has 2 N–H and O–H groups in total. The minimum atomic E-state index is -3.75. The number of amides is 1. The summed E-state index contributed by atoms with van der Waals surface area (Å²) in [6, 6.07) is 5.81. The molecule has 0 atom stereocenters. The summed E-state index contributed by atoms with van der Waals surface area (Å²) in [4.78, 5) is 11.5. The van der Waals surface area contributed by atoms with E-state index in [1.807, 2.05) is 0 Å². The topological polar surface area (TPSA) is 80.5 Å². The Kier molecular flexibility index (Phi) is 5.83. The highest BCUT2D eigenvalue weighted by Crippen LogP contribution is 2.27. The fourth-order valence-electron chi connectivity index (χ4n) is 2.85. The predicted octanol–water partition coefficient (Wildman–Crippen LogP) is 2.54. The van der Waals surface area contributed by atoms with Crippen LogP contribution in [-0.2, 0) is 14.8 Å². The lowest BCUT2D eigenvalue weighted by atomic mass is 10.1. The van der Waals surface area contributed by atoms with Gasteiger partial charge in [-0.1, -0.05) is 37.3 Å². The quantitative estimate of drug-likeness (QED) is 0.833. The molecule has 7 heteroatoms. The van der Waals surface area contributed by atoms with Gasteiger partial charge >= 0.3 is 0 Å². The maximum atomic E-state index is 12.9. The Morgan fingerprint density at radius 2 is 1.68 bits per heavy atom. The molecule has 1 amide bonds. The second kappa shape index (κ2) is 7.44. The first-order valence-corrected chi connectivity index (χ1v) is 9.29. The second-order valence-electron chi connectivity index (χ2n) is 5.62. The van der Waals surface area contributed by atoms with E-state index in [1.54, 1.807) is 0 Å². The number of halogens is 1. The minimum Gasteiger partial charge on any atom is -0.369 e. The Morgan fingerprint density at radius 1 is 1.14 bits per heavy atom. The van der Waals surface area contributed by atoms with Crippen molar-refractivity contribution in [2.75, 3.05) is 6.54 Å². The van der Waals surface area contributed by atoms with E-state index in [0.717, 1.165) is 38.5 Å². The molecule has 1 saturated carbocycles. The normalized spacial score (nSPS) is 17.4. The Hall–Kier alpha value is -1.11. The maximum Gasteiger partial charge on any atom is 0.243 e. The molecular formula is C15H21ClN2O3S. The van der Waals surface area contributed by atoms with Crippen molar-refractivity contribution in [1.82, 2.24) is 4.31 Å². The lowest BCUT2D eigenvalue weighted by Gasteiger charge is -2.29. The summed E-state index contributed by atoms with van der Waals surface area (Å²) in [7, 11) is -3.75. The van der Waals surface area contributed by atoms with Crippen molar-refractivity contribution in [2.24, 2.45) is 5.73 Å². The summed E-state index contributed by atoms with van der Waals surface area (Å²) in [5, 5.41) is 0.467. The van der Waals surface area contributed by atoms with Gasteiger partial charge in [0.25, 0.3) is 0 Å². The Bertz CT molecular complexity index is 608. The van der Waals surface area contributed by atoms with Crippen LogP contribution in [0, 0.1) is 0 Å². The lowest BCUT2D eigenvalue weighted by Crippen LogP contribution is -2.45. The number of sulfonamides is 1. The zero-order chi connectivity index (χ0) is 16.2. The smallest absolute Gasteiger partial charge is 0.243 e. The van der Waals surface area contributed by atoms with Crippen molar-refractivity contribution in [3.8, 4) is 0 Å². The third-order valence-corrected chi connectivity index (χ3v) is 6.13. The van der Waals surface area contributed by atoms with E-state index in [0.29, 0.717) is 5.02 Å². The largest absolute Gasteiger partial charge is 0.369 e. The second-order valence-corrected chi connectivity index (χ2v) is 7.94. The summed E-state index contributed by atoms with van der Waals surface area (Å²) in [6.45, 7) is -0.282. The number of rotatable bonds is 5. The van der Waals surface area contributed by atoms with Crippen LogP contribution in [0.2, 0.25) is 5.02 Å². The molecule has 0 aliphatic heterocycles. The van der Waals surface area contributed by atoms with Gasteiger partial charge in [-0.3, -0.25) is 4.79 Å². The number of benzene rings is 1. The van der Waals surface area contributed by atoms with Crippen LogP contribution in [-0.4, -0.2) is 31.2 Å². The molecule has 0 bridgehead atoms. The molecule has 0 spiro atoms. The van der Waals surface area contributed by atoms with Crippen LogP contribution in [0.5, 0.6) is 0 Å². The highest BCUT2D eigenvalue weighted by Gasteiger charge is 2.32. The first-order chi connectivity index (χ1) is 10.4. The summed E-state index contributed by atoms with van der Waals surface area (Å²) in [5.41, 5.74) is 5.27. The molecule has 122 valence electrons. The molecular weight excluding hydrogens is 324 g/mol. The first kappa shape index (κ1) is 17.2. The summed E-state index contributed by atoms with van der Waals surface area (Å²) < 4.78 is 27.0. The fourth-order valence-corrected chi connectivity index (χ4v) is 4.63. The van der Waals surface area contributed by atoms with Crippen LogP contribution in [0.3, 0.4) is 0 Å². The number of primary amides is 1. The van der Waals surface area contributed by atoms with Crippen LogP contribution in [0.25, 0.3) is 0 Å². The van der Waals surface area contributed by atoms with Crippen molar-refractivity contribution in [3.63, 3.8) is 0 Å². The van der Waals surface area contributed by atoms with E-state index in [4.69, 9.17) is 17.3 Å². The van der Waals surface area contributed by atoms with E-state index >= 15 is 0 Å². The zero-order valence-corrected chi connectivity index (χ0v) is 13.9. The average molecular weight is 345 g/mol. The number of hydrogen-bond donors (Lipinski definition) is 1. The lowest BCUT2D eigenvalue weighted by molar-refractivity contribution is -0.118. The van der Waals surface area contributed by atoms with Gasteiger partial charge in [0.2, 0.25) is 15.9 Å². The predicted molar refractivity (Wildman–Crippen MR) is 86.0 cm³/mol. The third kappa shape index (κ3) is 4.21. The third-order valence-electron chi connectivity index (χ3n) is 3.96. The van der Waals surface area contributed by atoms with E-state index in [-0.39, 0.29) is 17.5 Å². The summed E-state index contributed by atoms with van der Waals surface area (Å²) >= 11 is 5.81. The number of nitrogens with two attached hydrogens (primary N) is 1. The van der Waals surface area contributed by atoms with Gasteiger partial charge < -0.3 is 5.73 Å². The molecule has 1 aromatic rings. The van der Waals surface area contributed by atoms with Crippen molar-refractivity contribution in [2.45, 2.75) is 49.5 Å². The summed E-state index contributed by atoms with van der Waals surface area (Å²) in [6.07, 6.45) is 5.66. The van der Waals surface area contributed by atoms with Crippen LogP contribution < -0.4 is 5.73 Å². The number of carbonyl (C=O) groups excluding carboxylic acids is 1. The van der Waals surface area contributed by atoms with E-state index < -0.39 is 15.9 Å². The van der Waals surface area contributed by atoms with Crippen LogP contribution >= 0.6 is 11.6 Å². The van der Waals surface area contributed by atoms with Crippen LogP contribution in [0.4, 0.5) is 0 Å². The molecule has 1 aliphatic carbocycles. The van der Waals surface area contributed by atoms with Gasteiger partial charge in [0.05, 0.1) is 11.4 Å². The summed E-state index contributed by atoms with van der Waals surface area (Å²) in [5.74, 6) is -0.637. The van der Waals surface area contributed by atoms with Gasteiger partial charge in [0.15, 0.2) is 0 Å². The Labute approximate surface area is 136 Å². The molecule has 0 aromatic heterocycles. The van der Waals surface area contributed by atoms with Gasteiger partial charge in [-0.15, -0.1) is 0 Å². The molecule has 1 aliphatic rings. The van der Waals surface area contributed by atoms with Crippen molar-refractivity contribution >= 4 is 27.5 Å². The fraction of sp³-hybridized carbons (Fsp3) is 0.533. The van der Waals surface area contributed by atoms with Crippen LogP contribution in [0.1, 0.15) is 38.5 Å². The number of carbonyl (C=O) groups is 1. The van der Waals surface area contributed by atoms with Crippen LogP contribution in [0.15, 0.2) is 29.2 Å². The van der Waals surface area contributed by atoms with E-state index in [2.05, 4.69) is 0 Å². The van der Waals surface area contributed by atoms with Gasteiger partial charge in [-0.2, -0.15) is 4.31 Å². The number of nitrogens with zero attached hydrogens (tertiary/aromatic N) is 1. The minimum absolute atomic E-state index is 0.141. The van der Waals surface area contributed by atoms with E-state index in [1.165, 1.54) is 28.6 Å². The maximum absolute atomic E-state index is 12.9. The molecule has 0 heterocycles. The highest BCUT2D eigenvalue weighted by molar-refractivity contribution is 7.89. The Morgan fingerprint density at radius 3 is 2.18 bits per heavy atom. The van der Waals surface area contributed by atoms with E-state index in [9.17, 15) is 13.2 Å². The monoisotopic (exact) mass is 344 g/mol. The molecule has 0 unspecified atom stereocenters. The standard InChI is InChI=1S/C15H21ClN2O3S/c16-12-7-9-14(10-8-12)22(20,21)18(11-15(17)19)13-5-3-1-2-4-6-13/h7-10,13H,1-6,11H2,(H2,17,19). The average Bonchev–Trinajstić information content (AvgIpc) is 2.73. The SMILES string of the molecule is NC(=O)CN(C1CCCCCC1)S(=O)(=O)c1ccc(Cl)cc1. The highest BCUT2D eigenvalue weighted by atomic mass is 35.5. The van der Waals surface area contributed by atoms with Gasteiger partial charge in [-0.05, 0) is 37.1 Å². The van der Waals surface area contributed by atoms with Gasteiger partial charge in [0.1, 0.15) is 0 Å². The number of hydrogen-bond acceptors (Lipinski definition) is 3. The van der Waals surface area contributed by atoms with Gasteiger partial charge in [0, 0.05) is 11.1 Å². The van der Waals surface area contributed by atoms with Crippen molar-refractivity contribution in [1.29, 1.82) is 0 Å². The molecule has 2 rings (SSSR count). The zero-order valence-electron chi connectivity index (χ0n) is 12.4. The van der Waals surface area contributed by atoms with Crippen molar-refractivity contribution in [3.05, 3.63) is 29.3 Å². The Balaban J connectivity index is 2.33. The molecule has 0 radical (unpaired) electrons. The molecule has 22 heavy (non-hydrogen) atoms. The van der Waals surface area contributed by atoms with Crippen molar-refractivity contribution < 1.29 is 13.2 Å². The van der Waals surface area contributed by atoms with Gasteiger partial charge in [-0.25, -0.2) is 8.42 Å². The first-order valence-electron chi connectivity index (χ1n) is 7.47. The molecule has 1 aromatic carbocycles. The molecule has 5 nitrogen and oxygen atoms in total. The molecule has 1 fully saturated rings.